The van der Waals surface area contributed by atoms with Crippen LogP contribution in [0.2, 0.25) is 0 Å². The second kappa shape index (κ2) is 6.70. The van der Waals surface area contributed by atoms with Crippen molar-refractivity contribution in [3.63, 3.8) is 0 Å². The third-order valence-electron chi connectivity index (χ3n) is 4.04. The van der Waals surface area contributed by atoms with E-state index in [1.54, 1.807) is 13.0 Å². The molecular formula is C15H23N3O2. The molecule has 1 fully saturated rings. The Morgan fingerprint density at radius 3 is 2.70 bits per heavy atom. The van der Waals surface area contributed by atoms with E-state index in [1.807, 2.05) is 12.1 Å². The monoisotopic (exact) mass is 277 g/mol. The molecule has 2 rings (SSSR count). The van der Waals surface area contributed by atoms with Gasteiger partial charge in [0.15, 0.2) is 0 Å². The van der Waals surface area contributed by atoms with E-state index in [4.69, 9.17) is 0 Å². The lowest BCUT2D eigenvalue weighted by Crippen LogP contribution is -2.37. The van der Waals surface area contributed by atoms with Crippen molar-refractivity contribution in [3.8, 4) is 0 Å². The zero-order valence-electron chi connectivity index (χ0n) is 12.3. The van der Waals surface area contributed by atoms with Crippen LogP contribution in [0.5, 0.6) is 0 Å². The van der Waals surface area contributed by atoms with Gasteiger partial charge in [0, 0.05) is 18.7 Å². The topological polar surface area (TPSA) is 58.4 Å². The summed E-state index contributed by atoms with van der Waals surface area (Å²) in [5.74, 6) is 0.690. The maximum Gasteiger partial charge on any atom is 0.295 e. The van der Waals surface area contributed by atoms with Crippen LogP contribution in [0.25, 0.3) is 0 Å². The largest absolute Gasteiger partial charge is 0.366 e. The minimum atomic E-state index is -0.255. The van der Waals surface area contributed by atoms with Gasteiger partial charge in [0.1, 0.15) is 5.69 Å². The first-order chi connectivity index (χ1) is 9.63. The molecule has 1 aliphatic rings. The van der Waals surface area contributed by atoms with E-state index in [0.29, 0.717) is 5.92 Å². The summed E-state index contributed by atoms with van der Waals surface area (Å²) in [6, 6.07) is 5.58. The van der Waals surface area contributed by atoms with Gasteiger partial charge in [-0.3, -0.25) is 10.1 Å². The molecule has 0 saturated carbocycles. The fourth-order valence-electron chi connectivity index (χ4n) is 2.86. The van der Waals surface area contributed by atoms with E-state index < -0.39 is 0 Å². The summed E-state index contributed by atoms with van der Waals surface area (Å²) in [5.41, 5.74) is 1.77. The second-order valence-electron chi connectivity index (χ2n) is 5.44. The standard InChI is InChI=1S/C15H23N3O2/c1-3-16-11-13-7-9-17(10-8-13)14-6-4-5-12(2)15(14)18(19)20/h4-6,13,16H,3,7-11H2,1-2H3. The van der Waals surface area contributed by atoms with Crippen molar-refractivity contribution < 1.29 is 4.92 Å². The average molecular weight is 277 g/mol. The molecule has 0 amide bonds. The predicted molar refractivity (Wildman–Crippen MR) is 81.3 cm³/mol. The number of nitro groups is 1. The lowest BCUT2D eigenvalue weighted by atomic mass is 9.96. The summed E-state index contributed by atoms with van der Waals surface area (Å²) in [4.78, 5) is 13.2. The maximum absolute atomic E-state index is 11.3. The Balaban J connectivity index is 2.07. The first-order valence-corrected chi connectivity index (χ1v) is 7.33. The third-order valence-corrected chi connectivity index (χ3v) is 4.04. The summed E-state index contributed by atoms with van der Waals surface area (Å²) < 4.78 is 0. The van der Waals surface area contributed by atoms with Crippen molar-refractivity contribution in [1.82, 2.24) is 5.32 Å². The van der Waals surface area contributed by atoms with Crippen LogP contribution in [0.1, 0.15) is 25.3 Å². The number of piperidine rings is 1. The van der Waals surface area contributed by atoms with Gasteiger partial charge >= 0.3 is 0 Å². The van der Waals surface area contributed by atoms with Crippen molar-refractivity contribution >= 4 is 11.4 Å². The quantitative estimate of drug-likeness (QED) is 0.664. The molecule has 1 N–H and O–H groups in total. The fraction of sp³-hybridized carbons (Fsp3) is 0.600. The highest BCUT2D eigenvalue weighted by Gasteiger charge is 2.25. The van der Waals surface area contributed by atoms with E-state index >= 15 is 0 Å². The molecule has 5 heteroatoms. The third kappa shape index (κ3) is 3.28. The summed E-state index contributed by atoms with van der Waals surface area (Å²) in [5, 5.41) is 14.6. The maximum atomic E-state index is 11.3. The van der Waals surface area contributed by atoms with Crippen LogP contribution in [0.15, 0.2) is 18.2 Å². The first-order valence-electron chi connectivity index (χ1n) is 7.33. The van der Waals surface area contributed by atoms with Crippen molar-refractivity contribution in [2.45, 2.75) is 26.7 Å². The summed E-state index contributed by atoms with van der Waals surface area (Å²) in [6.07, 6.45) is 2.19. The summed E-state index contributed by atoms with van der Waals surface area (Å²) >= 11 is 0. The van der Waals surface area contributed by atoms with E-state index in [9.17, 15) is 10.1 Å². The number of hydrogen-bond donors (Lipinski definition) is 1. The molecule has 0 aromatic heterocycles. The molecule has 1 aromatic rings. The Labute approximate surface area is 120 Å². The SMILES string of the molecule is CCNCC1CCN(c2cccc(C)c2[N+](=O)[O-])CC1. The summed E-state index contributed by atoms with van der Waals surface area (Å²) in [6.45, 7) is 7.79. The van der Waals surface area contributed by atoms with Crippen LogP contribution < -0.4 is 10.2 Å². The van der Waals surface area contributed by atoms with Crippen molar-refractivity contribution in [1.29, 1.82) is 0 Å². The molecule has 1 heterocycles. The fourth-order valence-corrected chi connectivity index (χ4v) is 2.86. The molecule has 0 radical (unpaired) electrons. The highest BCUT2D eigenvalue weighted by Crippen LogP contribution is 2.33. The van der Waals surface area contributed by atoms with E-state index in [1.165, 1.54) is 0 Å². The number of para-hydroxylation sites is 1. The van der Waals surface area contributed by atoms with Gasteiger partial charge in [0.2, 0.25) is 0 Å². The van der Waals surface area contributed by atoms with Crippen molar-refractivity contribution in [2.75, 3.05) is 31.1 Å². The number of aryl methyl sites for hydroxylation is 1. The van der Waals surface area contributed by atoms with Crippen LogP contribution in [0.3, 0.4) is 0 Å². The normalized spacial score (nSPS) is 16.4. The van der Waals surface area contributed by atoms with Gasteiger partial charge in [-0.25, -0.2) is 0 Å². The minimum absolute atomic E-state index is 0.255. The average Bonchev–Trinajstić information content (AvgIpc) is 2.45. The second-order valence-corrected chi connectivity index (χ2v) is 5.44. The molecule has 0 aliphatic carbocycles. The number of benzene rings is 1. The predicted octanol–water partition coefficient (Wildman–Crippen LogP) is 2.73. The van der Waals surface area contributed by atoms with E-state index in [0.717, 1.165) is 50.3 Å². The molecule has 1 aliphatic heterocycles. The number of nitrogens with one attached hydrogen (secondary N) is 1. The minimum Gasteiger partial charge on any atom is -0.366 e. The van der Waals surface area contributed by atoms with Crippen molar-refractivity contribution in [3.05, 3.63) is 33.9 Å². The first kappa shape index (κ1) is 14.8. The van der Waals surface area contributed by atoms with E-state index in [-0.39, 0.29) is 10.6 Å². The molecule has 0 bridgehead atoms. The Morgan fingerprint density at radius 1 is 1.40 bits per heavy atom. The number of nitro benzene ring substituents is 1. The van der Waals surface area contributed by atoms with Crippen LogP contribution in [0.4, 0.5) is 11.4 Å². The van der Waals surface area contributed by atoms with Crippen LogP contribution in [0, 0.1) is 23.0 Å². The Bertz CT molecular complexity index is 468. The molecule has 1 aromatic carbocycles. The molecule has 5 nitrogen and oxygen atoms in total. The molecule has 0 atom stereocenters. The van der Waals surface area contributed by atoms with E-state index in [2.05, 4.69) is 17.1 Å². The van der Waals surface area contributed by atoms with Gasteiger partial charge in [-0.2, -0.15) is 0 Å². The van der Waals surface area contributed by atoms with Crippen LogP contribution >= 0.6 is 0 Å². The number of hydrogen-bond acceptors (Lipinski definition) is 4. The van der Waals surface area contributed by atoms with Crippen molar-refractivity contribution in [2.24, 2.45) is 5.92 Å². The van der Waals surface area contributed by atoms with Gasteiger partial charge in [0.05, 0.1) is 4.92 Å². The highest BCUT2D eigenvalue weighted by molar-refractivity contribution is 5.66. The summed E-state index contributed by atoms with van der Waals surface area (Å²) in [7, 11) is 0. The Hall–Kier alpha value is -1.62. The number of nitrogens with zero attached hydrogens (tertiary/aromatic N) is 2. The Kier molecular flexibility index (Phi) is 4.95. The smallest absolute Gasteiger partial charge is 0.295 e. The molecule has 1 saturated heterocycles. The molecule has 0 spiro atoms. The zero-order chi connectivity index (χ0) is 14.5. The molecule has 0 unspecified atom stereocenters. The van der Waals surface area contributed by atoms with Gasteiger partial charge < -0.3 is 10.2 Å². The Morgan fingerprint density at radius 2 is 2.10 bits per heavy atom. The molecule has 110 valence electrons. The van der Waals surface area contributed by atoms with Crippen LogP contribution in [-0.4, -0.2) is 31.1 Å². The zero-order valence-corrected chi connectivity index (χ0v) is 12.3. The van der Waals surface area contributed by atoms with Gasteiger partial charge in [0.25, 0.3) is 5.69 Å². The number of anilines is 1. The highest BCUT2D eigenvalue weighted by atomic mass is 16.6. The lowest BCUT2D eigenvalue weighted by Gasteiger charge is -2.33. The molecular weight excluding hydrogens is 254 g/mol. The van der Waals surface area contributed by atoms with Gasteiger partial charge in [-0.1, -0.05) is 19.1 Å². The number of rotatable bonds is 5. The van der Waals surface area contributed by atoms with Crippen LogP contribution in [-0.2, 0) is 0 Å². The molecule has 20 heavy (non-hydrogen) atoms. The van der Waals surface area contributed by atoms with Gasteiger partial charge in [-0.15, -0.1) is 0 Å². The lowest BCUT2D eigenvalue weighted by molar-refractivity contribution is -0.384. The van der Waals surface area contributed by atoms with Gasteiger partial charge in [-0.05, 0) is 44.8 Å².